The molecule has 1 aromatic rings. The van der Waals surface area contributed by atoms with Gasteiger partial charge in [0, 0.05) is 0 Å². The van der Waals surface area contributed by atoms with Crippen LogP contribution in [0.25, 0.3) is 6.08 Å². The number of halogens is 1. The molecule has 0 atom stereocenters. The van der Waals surface area contributed by atoms with Crippen molar-refractivity contribution in [2.45, 2.75) is 0 Å². The van der Waals surface area contributed by atoms with Crippen LogP contribution in [0, 0.1) is 0 Å². The summed E-state index contributed by atoms with van der Waals surface area (Å²) in [7, 11) is 0. The Labute approximate surface area is 74.4 Å². The molecule has 0 heterocycles. The van der Waals surface area contributed by atoms with Crippen LogP contribution in [0.3, 0.4) is 0 Å². The maximum atomic E-state index is 5.85. The third-order valence-electron chi connectivity index (χ3n) is 1.20. The monoisotopic (exact) mass is 212 g/mol. The van der Waals surface area contributed by atoms with Crippen LogP contribution >= 0.6 is 11.6 Å². The molecule has 1 aromatic carbocycles. The molecule has 0 aromatic heterocycles. The van der Waals surface area contributed by atoms with Crippen LogP contribution in [0.4, 0.5) is 0 Å². The van der Waals surface area contributed by atoms with E-state index in [1.54, 1.807) is 6.08 Å². The van der Waals surface area contributed by atoms with Gasteiger partial charge in [0.2, 0.25) is 0 Å². The van der Waals surface area contributed by atoms with Crippen molar-refractivity contribution in [1.82, 2.24) is 0 Å². The normalized spacial score (nSPS) is 9.40. The Hall–Kier alpha value is -0.192. The Kier molecular flexibility index (Phi) is 2.59. The van der Waals surface area contributed by atoms with Crippen molar-refractivity contribution in [2.24, 2.45) is 0 Å². The minimum atomic E-state index is 0.758. The maximum absolute atomic E-state index is 5.85. The second-order valence-electron chi connectivity index (χ2n) is 1.91. The molecule has 0 amide bonds. The summed E-state index contributed by atoms with van der Waals surface area (Å²) >= 11 is 8.29. The second kappa shape index (κ2) is 3.27. The SMILES string of the molecule is C=Cc1ccc([As])cc1Cl. The number of rotatable bonds is 1. The Morgan fingerprint density at radius 3 is 2.70 bits per heavy atom. The predicted octanol–water partition coefficient (Wildman–Crippen LogP) is 1.78. The summed E-state index contributed by atoms with van der Waals surface area (Å²) in [5.41, 5.74) is 0.983. The zero-order valence-electron chi connectivity index (χ0n) is 5.34. The summed E-state index contributed by atoms with van der Waals surface area (Å²) in [6, 6.07) is 5.84. The van der Waals surface area contributed by atoms with Gasteiger partial charge in [-0.3, -0.25) is 0 Å². The standard InChI is InChI=1S/C8H6AsCl/c1-2-6-3-4-7(9)5-8(6)10/h2-5H,1H2. The van der Waals surface area contributed by atoms with Gasteiger partial charge in [-0.25, -0.2) is 0 Å². The molecule has 0 fully saturated rings. The van der Waals surface area contributed by atoms with E-state index >= 15 is 0 Å². The van der Waals surface area contributed by atoms with Crippen LogP contribution in [0.2, 0.25) is 5.02 Å². The van der Waals surface area contributed by atoms with Crippen molar-refractivity contribution in [1.29, 1.82) is 0 Å². The van der Waals surface area contributed by atoms with E-state index in [1.165, 1.54) is 0 Å². The molecule has 0 saturated heterocycles. The van der Waals surface area contributed by atoms with Crippen LogP contribution in [-0.4, -0.2) is 16.9 Å². The van der Waals surface area contributed by atoms with Crippen molar-refractivity contribution in [3.63, 3.8) is 0 Å². The van der Waals surface area contributed by atoms with Crippen LogP contribution in [0.15, 0.2) is 24.8 Å². The van der Waals surface area contributed by atoms with E-state index in [0.29, 0.717) is 0 Å². The van der Waals surface area contributed by atoms with Crippen molar-refractivity contribution in [3.8, 4) is 0 Å². The van der Waals surface area contributed by atoms with Crippen molar-refractivity contribution >= 4 is 38.9 Å². The summed E-state index contributed by atoms with van der Waals surface area (Å²) in [4.78, 5) is 0. The first-order valence-electron chi connectivity index (χ1n) is 2.85. The summed E-state index contributed by atoms with van der Waals surface area (Å²) in [5.74, 6) is 0. The van der Waals surface area contributed by atoms with Crippen molar-refractivity contribution in [2.75, 3.05) is 0 Å². The third-order valence-corrected chi connectivity index (χ3v) is 2.11. The van der Waals surface area contributed by atoms with E-state index in [4.69, 9.17) is 11.6 Å². The molecule has 0 N–H and O–H groups in total. The summed E-state index contributed by atoms with van der Waals surface area (Å²) in [6.45, 7) is 3.63. The molecule has 0 unspecified atom stereocenters. The molecule has 0 spiro atoms. The van der Waals surface area contributed by atoms with Crippen LogP contribution in [-0.2, 0) is 0 Å². The van der Waals surface area contributed by atoms with Crippen LogP contribution in [0.5, 0.6) is 0 Å². The third kappa shape index (κ3) is 1.65. The minimum absolute atomic E-state index is 0.758. The van der Waals surface area contributed by atoms with Gasteiger partial charge in [-0.05, 0) is 0 Å². The average molecular weight is 213 g/mol. The Balaban J connectivity index is 3.19. The Morgan fingerprint density at radius 1 is 1.50 bits per heavy atom. The molecule has 50 valence electrons. The van der Waals surface area contributed by atoms with E-state index in [1.807, 2.05) is 18.2 Å². The fourth-order valence-electron chi connectivity index (χ4n) is 0.682. The molecule has 10 heavy (non-hydrogen) atoms. The van der Waals surface area contributed by atoms with Gasteiger partial charge in [0.25, 0.3) is 0 Å². The van der Waals surface area contributed by atoms with Crippen LogP contribution < -0.4 is 4.35 Å². The molecular weight excluding hydrogens is 206 g/mol. The first kappa shape index (κ1) is 7.91. The fraction of sp³-hybridized carbons (Fsp3) is 0. The van der Waals surface area contributed by atoms with Crippen LogP contribution in [0.1, 0.15) is 5.56 Å². The zero-order chi connectivity index (χ0) is 7.56. The van der Waals surface area contributed by atoms with Gasteiger partial charge in [0.15, 0.2) is 0 Å². The molecule has 1 rings (SSSR count). The molecule has 0 aliphatic carbocycles. The molecule has 2 radical (unpaired) electrons. The number of hydrogen-bond acceptors (Lipinski definition) is 0. The van der Waals surface area contributed by atoms with E-state index in [2.05, 4.69) is 23.4 Å². The van der Waals surface area contributed by atoms with Crippen molar-refractivity contribution < 1.29 is 0 Å². The van der Waals surface area contributed by atoms with Gasteiger partial charge in [-0.1, -0.05) is 0 Å². The molecule has 0 aliphatic heterocycles. The topological polar surface area (TPSA) is 0 Å². The Bertz CT molecular complexity index is 255. The van der Waals surface area contributed by atoms with Gasteiger partial charge in [-0.2, -0.15) is 0 Å². The summed E-state index contributed by atoms with van der Waals surface area (Å²) in [5, 5.41) is 0.758. The van der Waals surface area contributed by atoms with Gasteiger partial charge >= 0.3 is 74.2 Å². The molecular formula is C8H6AsCl. The fourth-order valence-corrected chi connectivity index (χ4v) is 1.53. The van der Waals surface area contributed by atoms with E-state index in [-0.39, 0.29) is 0 Å². The van der Waals surface area contributed by atoms with E-state index in [9.17, 15) is 0 Å². The quantitative estimate of drug-likeness (QED) is 0.623. The van der Waals surface area contributed by atoms with Crippen molar-refractivity contribution in [3.05, 3.63) is 35.4 Å². The average Bonchev–Trinajstić information content (AvgIpc) is 1.88. The van der Waals surface area contributed by atoms with Gasteiger partial charge < -0.3 is 0 Å². The predicted molar refractivity (Wildman–Crippen MR) is 46.9 cm³/mol. The van der Waals surface area contributed by atoms with E-state index < -0.39 is 0 Å². The number of hydrogen-bond donors (Lipinski definition) is 0. The molecule has 0 aliphatic rings. The first-order chi connectivity index (χ1) is 4.74. The Morgan fingerprint density at radius 2 is 2.20 bits per heavy atom. The molecule has 0 bridgehead atoms. The molecule has 0 nitrogen and oxygen atoms in total. The zero-order valence-corrected chi connectivity index (χ0v) is 7.97. The second-order valence-corrected chi connectivity index (χ2v) is 3.40. The summed E-state index contributed by atoms with van der Waals surface area (Å²) in [6.07, 6.45) is 1.74. The van der Waals surface area contributed by atoms with Gasteiger partial charge in [0.05, 0.1) is 0 Å². The van der Waals surface area contributed by atoms with Gasteiger partial charge in [-0.15, -0.1) is 0 Å². The van der Waals surface area contributed by atoms with Gasteiger partial charge in [0.1, 0.15) is 0 Å². The molecule has 2 heteroatoms. The summed E-state index contributed by atoms with van der Waals surface area (Å²) < 4.78 is 1.11. The van der Waals surface area contributed by atoms with E-state index in [0.717, 1.165) is 14.9 Å². The number of benzene rings is 1. The molecule has 0 saturated carbocycles. The first-order valence-corrected chi connectivity index (χ1v) is 4.16.